The van der Waals surface area contributed by atoms with E-state index in [4.69, 9.17) is 5.73 Å². The molecule has 3 aromatic rings. The molecule has 3 N–H and O–H groups in total. The van der Waals surface area contributed by atoms with Crippen molar-refractivity contribution in [1.29, 1.82) is 0 Å². The zero-order chi connectivity index (χ0) is 15.3. The van der Waals surface area contributed by atoms with E-state index in [1.807, 2.05) is 18.2 Å². The Labute approximate surface area is 128 Å². The highest BCUT2D eigenvalue weighted by Gasteiger charge is 2.25. The minimum absolute atomic E-state index is 0.191. The van der Waals surface area contributed by atoms with Crippen molar-refractivity contribution in [2.75, 3.05) is 5.32 Å². The molecule has 0 spiro atoms. The van der Waals surface area contributed by atoms with Crippen molar-refractivity contribution in [3.8, 4) is 0 Å². The molecule has 2 heterocycles. The van der Waals surface area contributed by atoms with Gasteiger partial charge in [-0.1, -0.05) is 35.9 Å². The Morgan fingerprint density at radius 2 is 1.95 bits per heavy atom. The number of hydrogen-bond donors (Lipinski definition) is 2. The van der Waals surface area contributed by atoms with E-state index in [9.17, 15) is 0 Å². The molecule has 0 amide bonds. The van der Waals surface area contributed by atoms with Crippen LogP contribution in [0.1, 0.15) is 22.9 Å². The van der Waals surface area contributed by atoms with Crippen molar-refractivity contribution in [3.05, 3.63) is 59.2 Å². The van der Waals surface area contributed by atoms with Crippen molar-refractivity contribution in [2.24, 2.45) is 10.7 Å². The molecule has 5 nitrogen and oxygen atoms in total. The Kier molecular flexibility index (Phi) is 2.69. The monoisotopic (exact) mass is 291 g/mol. The van der Waals surface area contributed by atoms with E-state index in [1.165, 1.54) is 11.1 Å². The van der Waals surface area contributed by atoms with Gasteiger partial charge in [-0.05, 0) is 31.5 Å². The zero-order valence-corrected chi connectivity index (χ0v) is 12.5. The second-order valence-corrected chi connectivity index (χ2v) is 5.67. The number of benzene rings is 2. The summed E-state index contributed by atoms with van der Waals surface area (Å²) in [6.45, 7) is 4.19. The number of aromatic nitrogens is 2. The first-order chi connectivity index (χ1) is 10.6. The molecule has 1 aliphatic heterocycles. The summed E-state index contributed by atoms with van der Waals surface area (Å²) >= 11 is 0. The molecular weight excluding hydrogens is 274 g/mol. The van der Waals surface area contributed by atoms with Gasteiger partial charge in [-0.25, -0.2) is 9.98 Å². The number of fused-ring (bicyclic) bond motifs is 3. The van der Waals surface area contributed by atoms with Crippen molar-refractivity contribution in [3.63, 3.8) is 0 Å². The fourth-order valence-corrected chi connectivity index (χ4v) is 2.96. The highest BCUT2D eigenvalue weighted by Crippen LogP contribution is 2.33. The summed E-state index contributed by atoms with van der Waals surface area (Å²) in [6.07, 6.45) is -0.191. The topological polar surface area (TPSA) is 68.2 Å². The molecular formula is C17H17N5. The molecule has 5 heteroatoms. The summed E-state index contributed by atoms with van der Waals surface area (Å²) < 4.78 is 2.10. The second-order valence-electron chi connectivity index (χ2n) is 5.67. The van der Waals surface area contributed by atoms with Crippen LogP contribution in [0, 0.1) is 13.8 Å². The van der Waals surface area contributed by atoms with Crippen molar-refractivity contribution in [2.45, 2.75) is 20.0 Å². The molecule has 110 valence electrons. The highest BCUT2D eigenvalue weighted by molar-refractivity contribution is 5.94. The first-order valence-corrected chi connectivity index (χ1v) is 7.28. The molecule has 0 aliphatic carbocycles. The maximum absolute atomic E-state index is 5.97. The van der Waals surface area contributed by atoms with Crippen LogP contribution in [0.3, 0.4) is 0 Å². The van der Waals surface area contributed by atoms with Gasteiger partial charge < -0.3 is 5.73 Å². The predicted molar refractivity (Wildman–Crippen MR) is 89.0 cm³/mol. The van der Waals surface area contributed by atoms with E-state index in [0.717, 1.165) is 22.5 Å². The lowest BCUT2D eigenvalue weighted by atomic mass is 10.0. The fourth-order valence-electron chi connectivity index (χ4n) is 2.96. The van der Waals surface area contributed by atoms with Crippen LogP contribution in [-0.2, 0) is 0 Å². The number of imidazole rings is 1. The number of guanidine groups is 1. The smallest absolute Gasteiger partial charge is 0.212 e. The third kappa shape index (κ3) is 1.86. The number of nitrogens with one attached hydrogen (secondary N) is 1. The quantitative estimate of drug-likeness (QED) is 0.724. The molecule has 2 aromatic carbocycles. The summed E-state index contributed by atoms with van der Waals surface area (Å²) in [5, 5.41) is 3.06. The lowest BCUT2D eigenvalue weighted by Gasteiger charge is -2.25. The van der Waals surface area contributed by atoms with Crippen LogP contribution < -0.4 is 11.1 Å². The van der Waals surface area contributed by atoms with Crippen LogP contribution >= 0.6 is 0 Å². The Hall–Kier alpha value is -2.82. The first-order valence-electron chi connectivity index (χ1n) is 7.28. The van der Waals surface area contributed by atoms with Gasteiger partial charge in [0.25, 0.3) is 0 Å². The number of para-hydroxylation sites is 2. The van der Waals surface area contributed by atoms with E-state index in [-0.39, 0.29) is 6.17 Å². The van der Waals surface area contributed by atoms with Gasteiger partial charge in [-0.3, -0.25) is 9.88 Å². The summed E-state index contributed by atoms with van der Waals surface area (Å²) in [6, 6.07) is 14.5. The molecule has 0 saturated carbocycles. The molecule has 22 heavy (non-hydrogen) atoms. The largest absolute Gasteiger partial charge is 0.370 e. The van der Waals surface area contributed by atoms with Crippen LogP contribution in [0.5, 0.6) is 0 Å². The predicted octanol–water partition coefficient (Wildman–Crippen LogP) is 2.94. The van der Waals surface area contributed by atoms with Crippen LogP contribution in [0.15, 0.2) is 47.5 Å². The number of rotatable bonds is 1. The van der Waals surface area contributed by atoms with E-state index in [0.29, 0.717) is 5.96 Å². The Balaban J connectivity index is 2.00. The fraction of sp³-hybridized carbons (Fsp3) is 0.176. The lowest BCUT2D eigenvalue weighted by Crippen LogP contribution is -2.31. The SMILES string of the molecule is Cc1ccc(C)c([C@@H]2N=C(N)Nc3nc4ccccc4n32)c1. The molecule has 1 aliphatic rings. The number of aryl methyl sites for hydroxylation is 2. The Bertz CT molecular complexity index is 907. The van der Waals surface area contributed by atoms with Crippen molar-refractivity contribution in [1.82, 2.24) is 9.55 Å². The summed E-state index contributed by atoms with van der Waals surface area (Å²) in [5.41, 5.74) is 11.5. The van der Waals surface area contributed by atoms with Gasteiger partial charge in [0.15, 0.2) is 12.1 Å². The van der Waals surface area contributed by atoms with Crippen LogP contribution in [0.25, 0.3) is 11.0 Å². The van der Waals surface area contributed by atoms with Gasteiger partial charge in [0, 0.05) is 5.56 Å². The maximum atomic E-state index is 5.97. The van der Waals surface area contributed by atoms with Crippen molar-refractivity contribution >= 4 is 22.9 Å². The maximum Gasteiger partial charge on any atom is 0.212 e. The number of nitrogens with two attached hydrogens (primary N) is 1. The third-order valence-corrected chi connectivity index (χ3v) is 4.05. The number of anilines is 1. The van der Waals surface area contributed by atoms with E-state index < -0.39 is 0 Å². The summed E-state index contributed by atoms with van der Waals surface area (Å²) in [4.78, 5) is 9.25. The normalized spacial score (nSPS) is 17.0. The Morgan fingerprint density at radius 3 is 2.82 bits per heavy atom. The van der Waals surface area contributed by atoms with E-state index in [2.05, 4.69) is 58.0 Å². The Morgan fingerprint density at radius 1 is 1.14 bits per heavy atom. The minimum Gasteiger partial charge on any atom is -0.370 e. The van der Waals surface area contributed by atoms with Gasteiger partial charge in [0.05, 0.1) is 11.0 Å². The van der Waals surface area contributed by atoms with E-state index in [1.54, 1.807) is 0 Å². The van der Waals surface area contributed by atoms with Gasteiger partial charge in [-0.2, -0.15) is 0 Å². The van der Waals surface area contributed by atoms with E-state index >= 15 is 0 Å². The average molecular weight is 291 g/mol. The zero-order valence-electron chi connectivity index (χ0n) is 12.5. The third-order valence-electron chi connectivity index (χ3n) is 4.05. The molecule has 0 fully saturated rings. The van der Waals surface area contributed by atoms with Crippen LogP contribution in [-0.4, -0.2) is 15.5 Å². The molecule has 4 rings (SSSR count). The summed E-state index contributed by atoms with van der Waals surface area (Å²) in [5.74, 6) is 1.13. The molecule has 0 unspecified atom stereocenters. The van der Waals surface area contributed by atoms with Crippen LogP contribution in [0.2, 0.25) is 0 Å². The van der Waals surface area contributed by atoms with Crippen molar-refractivity contribution < 1.29 is 0 Å². The number of hydrogen-bond acceptors (Lipinski definition) is 4. The molecule has 0 bridgehead atoms. The molecule has 1 atom stereocenters. The van der Waals surface area contributed by atoms with Gasteiger partial charge in [0.1, 0.15) is 0 Å². The second kappa shape index (κ2) is 4.59. The molecule has 1 aromatic heterocycles. The number of aliphatic imine (C=N–C) groups is 1. The molecule has 0 saturated heterocycles. The minimum atomic E-state index is -0.191. The highest BCUT2D eigenvalue weighted by atomic mass is 15.4. The first kappa shape index (κ1) is 12.9. The van der Waals surface area contributed by atoms with Crippen LogP contribution in [0.4, 0.5) is 5.95 Å². The number of nitrogens with zero attached hydrogens (tertiary/aromatic N) is 3. The average Bonchev–Trinajstić information content (AvgIpc) is 2.87. The molecule has 0 radical (unpaired) electrons. The standard InChI is InChI=1S/C17H17N5/c1-10-7-8-11(2)12(9-10)15-20-16(18)21-17-19-13-5-3-4-6-14(13)22(15)17/h3-9,15H,1-2H3,(H3,18,19,20,21)/t15-/m1/s1. The van der Waals surface area contributed by atoms with Gasteiger partial charge >= 0.3 is 0 Å². The lowest BCUT2D eigenvalue weighted by molar-refractivity contribution is 0.622. The van der Waals surface area contributed by atoms with Gasteiger partial charge in [0.2, 0.25) is 5.95 Å². The summed E-state index contributed by atoms with van der Waals surface area (Å²) in [7, 11) is 0. The van der Waals surface area contributed by atoms with Gasteiger partial charge in [-0.15, -0.1) is 0 Å².